The molecule has 2 heterocycles. The van der Waals surface area contributed by atoms with E-state index in [-0.39, 0.29) is 36.0 Å². The third-order valence-electron chi connectivity index (χ3n) is 9.42. The Kier molecular flexibility index (Phi) is 12.7. The molecule has 0 spiro atoms. The van der Waals surface area contributed by atoms with Gasteiger partial charge in [-0.25, -0.2) is 4.79 Å². The van der Waals surface area contributed by atoms with Crippen molar-refractivity contribution in [2.24, 2.45) is 22.7 Å². The Morgan fingerprint density at radius 1 is 0.887 bits per heavy atom. The van der Waals surface area contributed by atoms with Gasteiger partial charge in [0, 0.05) is 34.9 Å². The van der Waals surface area contributed by atoms with Crippen LogP contribution in [-0.4, -0.2) is 30.8 Å². The molecule has 1 aromatic heterocycles. The molecule has 4 aromatic rings. The molecule has 0 bridgehead atoms. The van der Waals surface area contributed by atoms with Gasteiger partial charge in [0.25, 0.3) is 0 Å². The first kappa shape index (κ1) is 39.6. The Hall–Kier alpha value is -4.60. The van der Waals surface area contributed by atoms with Gasteiger partial charge in [-0.15, -0.1) is 0 Å². The van der Waals surface area contributed by atoms with E-state index in [1.54, 1.807) is 0 Å². The van der Waals surface area contributed by atoms with Crippen LogP contribution in [0.1, 0.15) is 102 Å². The van der Waals surface area contributed by atoms with Gasteiger partial charge in [-0.3, -0.25) is 4.79 Å². The molecule has 3 aromatic carbocycles. The first-order chi connectivity index (χ1) is 25.0. The molecule has 6 nitrogen and oxygen atoms in total. The Balaban J connectivity index is 1.25. The largest absolute Gasteiger partial charge is 0.461 e. The van der Waals surface area contributed by atoms with E-state index < -0.39 is 11.5 Å². The quantitative estimate of drug-likeness (QED) is 0.0779. The number of furan rings is 1. The zero-order chi connectivity index (χ0) is 38.2. The summed E-state index contributed by atoms with van der Waals surface area (Å²) in [5.41, 5.74) is 4.65. The number of carbonyl (C=O) groups is 2. The van der Waals surface area contributed by atoms with Crippen molar-refractivity contribution < 1.29 is 28.2 Å². The van der Waals surface area contributed by atoms with Gasteiger partial charge in [-0.05, 0) is 84.9 Å². The summed E-state index contributed by atoms with van der Waals surface area (Å²) >= 11 is 0. The van der Waals surface area contributed by atoms with Crippen LogP contribution >= 0.6 is 0 Å². The van der Waals surface area contributed by atoms with Crippen molar-refractivity contribution in [1.29, 1.82) is 0 Å². The van der Waals surface area contributed by atoms with E-state index in [1.807, 2.05) is 73.7 Å². The summed E-state index contributed by atoms with van der Waals surface area (Å²) in [6.07, 6.45) is 5.63. The lowest BCUT2D eigenvalue weighted by Crippen LogP contribution is -2.41. The van der Waals surface area contributed by atoms with Crippen molar-refractivity contribution in [2.75, 3.05) is 13.2 Å². The molecule has 1 aliphatic heterocycles. The Morgan fingerprint density at radius 3 is 2.23 bits per heavy atom. The first-order valence-corrected chi connectivity index (χ1v) is 18.9. The van der Waals surface area contributed by atoms with Gasteiger partial charge in [0.05, 0.1) is 19.1 Å². The molecule has 1 aliphatic rings. The van der Waals surface area contributed by atoms with Gasteiger partial charge < -0.3 is 18.6 Å². The average Bonchev–Trinajstić information content (AvgIpc) is 3.63. The highest BCUT2D eigenvalue weighted by atomic mass is 16.6. The number of aryl methyl sites for hydroxylation is 1. The Morgan fingerprint density at radius 2 is 1.55 bits per heavy atom. The molecule has 2 atom stereocenters. The van der Waals surface area contributed by atoms with E-state index in [2.05, 4.69) is 78.5 Å². The van der Waals surface area contributed by atoms with Gasteiger partial charge in [0.1, 0.15) is 18.0 Å². The van der Waals surface area contributed by atoms with E-state index in [0.29, 0.717) is 36.7 Å². The van der Waals surface area contributed by atoms with Crippen molar-refractivity contribution in [3.05, 3.63) is 119 Å². The minimum atomic E-state index is -1.11. The summed E-state index contributed by atoms with van der Waals surface area (Å²) in [6.45, 7) is 17.8. The molecular weight excluding hydrogens is 661 g/mol. The Bertz CT molecular complexity index is 1930. The molecule has 280 valence electrons. The van der Waals surface area contributed by atoms with E-state index in [9.17, 15) is 9.59 Å². The summed E-state index contributed by atoms with van der Waals surface area (Å²) in [5.74, 6) is 6.32. The molecule has 0 unspecified atom stereocenters. The van der Waals surface area contributed by atoms with Crippen LogP contribution in [-0.2, 0) is 36.8 Å². The fourth-order valence-electron chi connectivity index (χ4n) is 7.07. The number of esters is 2. The number of rotatable bonds is 13. The van der Waals surface area contributed by atoms with Gasteiger partial charge in [-0.1, -0.05) is 114 Å². The predicted octanol–water partition coefficient (Wildman–Crippen LogP) is 10.6. The molecule has 6 heteroatoms. The maximum absolute atomic E-state index is 13.4. The zero-order valence-corrected chi connectivity index (χ0v) is 32.8. The number of hydrogen-bond donors (Lipinski definition) is 0. The highest BCUT2D eigenvalue weighted by molar-refractivity contribution is 5.91. The van der Waals surface area contributed by atoms with Crippen molar-refractivity contribution in [2.45, 2.75) is 99.7 Å². The van der Waals surface area contributed by atoms with Crippen LogP contribution in [0.25, 0.3) is 11.0 Å². The number of ether oxygens (including phenoxy) is 3. The van der Waals surface area contributed by atoms with Crippen LogP contribution in [0.5, 0.6) is 0 Å². The standard InChI is InChI=1S/C47H56O6/c1-33-14-16-35(17-15-33)18-19-36-21-23-42-40(25-36)26-41(52-42)24-34(2)43(48)51-32-47(31-50-30-37-12-10-9-11-13-37)29-39(44(49)53-47)22-20-38(27-45(3,4)5)28-46(6,7)8/h9-17,21-23,25-26,34,38H,20,24,27-32H2,1-8H3/b39-22+/t34-,47+/m0/s1. The van der Waals surface area contributed by atoms with Crippen LogP contribution in [0.4, 0.5) is 0 Å². The monoisotopic (exact) mass is 716 g/mol. The number of hydrogen-bond acceptors (Lipinski definition) is 6. The molecule has 0 amide bonds. The van der Waals surface area contributed by atoms with Crippen LogP contribution < -0.4 is 0 Å². The summed E-state index contributed by atoms with van der Waals surface area (Å²) in [7, 11) is 0. The van der Waals surface area contributed by atoms with E-state index in [0.717, 1.165) is 46.9 Å². The van der Waals surface area contributed by atoms with Crippen molar-refractivity contribution in [3.63, 3.8) is 0 Å². The molecule has 1 fully saturated rings. The van der Waals surface area contributed by atoms with Gasteiger partial charge in [0.2, 0.25) is 0 Å². The third-order valence-corrected chi connectivity index (χ3v) is 9.42. The fraction of sp³-hybridized carbons (Fsp3) is 0.447. The third kappa shape index (κ3) is 12.2. The summed E-state index contributed by atoms with van der Waals surface area (Å²) in [4.78, 5) is 26.8. The summed E-state index contributed by atoms with van der Waals surface area (Å²) in [6, 6.07) is 25.8. The zero-order valence-electron chi connectivity index (χ0n) is 32.8. The second-order valence-corrected chi connectivity index (χ2v) is 17.4. The summed E-state index contributed by atoms with van der Waals surface area (Å²) < 4.78 is 24.2. The molecule has 0 saturated carbocycles. The molecule has 0 radical (unpaired) electrons. The SMILES string of the molecule is Cc1ccc(C#Cc2ccc3oc(C[C@H](C)C(=O)OC[C@]4(COCc5ccccc5)C/C(=C\CC(CC(C)(C)C)CC(C)(C)C)C(=O)O4)cc3c2)cc1. The Labute approximate surface area is 316 Å². The van der Waals surface area contributed by atoms with Gasteiger partial charge in [-0.2, -0.15) is 0 Å². The lowest BCUT2D eigenvalue weighted by molar-refractivity contribution is -0.171. The predicted molar refractivity (Wildman–Crippen MR) is 211 cm³/mol. The van der Waals surface area contributed by atoms with Crippen molar-refractivity contribution in [3.8, 4) is 11.8 Å². The van der Waals surface area contributed by atoms with Crippen molar-refractivity contribution in [1.82, 2.24) is 0 Å². The van der Waals surface area contributed by atoms with Crippen LogP contribution in [0.2, 0.25) is 0 Å². The average molecular weight is 717 g/mol. The van der Waals surface area contributed by atoms with Gasteiger partial charge in [0.15, 0.2) is 5.60 Å². The normalized spacial score (nSPS) is 17.5. The smallest absolute Gasteiger partial charge is 0.334 e. The summed E-state index contributed by atoms with van der Waals surface area (Å²) in [5, 5.41) is 0.926. The maximum atomic E-state index is 13.4. The fourth-order valence-corrected chi connectivity index (χ4v) is 7.07. The van der Waals surface area contributed by atoms with E-state index in [1.165, 1.54) is 5.56 Å². The first-order valence-electron chi connectivity index (χ1n) is 18.9. The molecule has 5 rings (SSSR count). The molecule has 0 N–H and O–H groups in total. The van der Waals surface area contributed by atoms with Crippen LogP contribution in [0.15, 0.2) is 94.9 Å². The molecule has 53 heavy (non-hydrogen) atoms. The molecule has 1 saturated heterocycles. The van der Waals surface area contributed by atoms with E-state index >= 15 is 0 Å². The van der Waals surface area contributed by atoms with Crippen LogP contribution in [0.3, 0.4) is 0 Å². The molecular formula is C47H56O6. The second kappa shape index (κ2) is 17.0. The minimum Gasteiger partial charge on any atom is -0.461 e. The maximum Gasteiger partial charge on any atom is 0.334 e. The lowest BCUT2D eigenvalue weighted by Gasteiger charge is -2.30. The minimum absolute atomic E-state index is 0.0927. The second-order valence-electron chi connectivity index (χ2n) is 17.4. The number of benzene rings is 3. The van der Waals surface area contributed by atoms with Gasteiger partial charge >= 0.3 is 11.9 Å². The van der Waals surface area contributed by atoms with Crippen molar-refractivity contribution >= 4 is 22.9 Å². The highest BCUT2D eigenvalue weighted by Crippen LogP contribution is 2.38. The lowest BCUT2D eigenvalue weighted by atomic mass is 9.75. The van der Waals surface area contributed by atoms with E-state index in [4.69, 9.17) is 18.6 Å². The number of allylic oxidation sites excluding steroid dienone is 1. The number of cyclic esters (lactones) is 1. The molecule has 0 aliphatic carbocycles. The van der Waals surface area contributed by atoms with Crippen LogP contribution in [0, 0.1) is 41.4 Å². The highest BCUT2D eigenvalue weighted by Gasteiger charge is 2.45. The topological polar surface area (TPSA) is 75.0 Å². The number of carbonyl (C=O) groups excluding carboxylic acids is 2. The number of fused-ring (bicyclic) bond motifs is 1.